The zero-order valence-corrected chi connectivity index (χ0v) is 10.2. The summed E-state index contributed by atoms with van der Waals surface area (Å²) in [6.45, 7) is 2.39. The Morgan fingerprint density at radius 2 is 2.07 bits per heavy atom. The van der Waals surface area contributed by atoms with Crippen LogP contribution in [-0.4, -0.2) is 37.8 Å². The van der Waals surface area contributed by atoms with Crippen molar-refractivity contribution in [3.63, 3.8) is 0 Å². The van der Waals surface area contributed by atoms with Gasteiger partial charge in [0, 0.05) is 36.8 Å². The molecule has 1 unspecified atom stereocenters. The summed E-state index contributed by atoms with van der Waals surface area (Å²) in [6, 6.07) is 8.79. The molecular weight excluding hydrogens is 204 g/mol. The first-order valence-electron chi connectivity index (χ1n) is 5.37. The van der Waals surface area contributed by atoms with Crippen LogP contribution >= 0.6 is 11.8 Å². The molecule has 0 radical (unpaired) electrons. The summed E-state index contributed by atoms with van der Waals surface area (Å²) in [4.78, 5) is 2.41. The van der Waals surface area contributed by atoms with E-state index in [1.807, 2.05) is 7.05 Å². The molecule has 0 amide bonds. The molecule has 0 aromatic heterocycles. The largest absolute Gasteiger partial charge is 0.388 e. The first kappa shape index (κ1) is 10.8. The lowest BCUT2D eigenvalue weighted by atomic mass is 10.1. The number of hydrogen-bond acceptors (Lipinski definition) is 3. The Balaban J connectivity index is 2.07. The Labute approximate surface area is 96.0 Å². The van der Waals surface area contributed by atoms with E-state index < -0.39 is 0 Å². The summed E-state index contributed by atoms with van der Waals surface area (Å²) in [5.41, 5.74) is 2.64. The van der Waals surface area contributed by atoms with E-state index in [2.05, 4.69) is 53.3 Å². The predicted molar refractivity (Wildman–Crippen MR) is 68.7 cm³/mol. The average Bonchev–Trinajstić information content (AvgIpc) is 2.29. The Hall–Kier alpha value is -0.670. The van der Waals surface area contributed by atoms with Crippen LogP contribution in [0.1, 0.15) is 10.8 Å². The highest BCUT2D eigenvalue weighted by Crippen LogP contribution is 2.32. The molecule has 2 rings (SSSR count). The van der Waals surface area contributed by atoms with Crippen LogP contribution in [0.25, 0.3) is 0 Å². The summed E-state index contributed by atoms with van der Waals surface area (Å²) in [5, 5.41) is 3.80. The van der Waals surface area contributed by atoms with E-state index in [4.69, 9.17) is 0 Å². The van der Waals surface area contributed by atoms with Gasteiger partial charge in [-0.15, -0.1) is 0 Å². The summed E-state index contributed by atoms with van der Waals surface area (Å²) < 4.78 is 0. The van der Waals surface area contributed by atoms with Gasteiger partial charge in [0.05, 0.1) is 0 Å². The van der Waals surface area contributed by atoms with Gasteiger partial charge in [-0.05, 0) is 24.7 Å². The zero-order valence-electron chi connectivity index (χ0n) is 9.36. The van der Waals surface area contributed by atoms with Crippen molar-refractivity contribution in [2.45, 2.75) is 5.25 Å². The van der Waals surface area contributed by atoms with Gasteiger partial charge in [-0.2, -0.15) is 11.8 Å². The molecule has 1 heterocycles. The maximum Gasteiger partial charge on any atom is 0.0424 e. The first-order chi connectivity index (χ1) is 7.29. The molecule has 1 N–H and O–H groups in total. The molecule has 3 heteroatoms. The van der Waals surface area contributed by atoms with E-state index in [-0.39, 0.29) is 0 Å². The third-order valence-electron chi connectivity index (χ3n) is 2.84. The third kappa shape index (κ3) is 2.67. The van der Waals surface area contributed by atoms with Gasteiger partial charge in [-0.1, -0.05) is 12.1 Å². The van der Waals surface area contributed by atoms with E-state index in [0.29, 0.717) is 5.25 Å². The van der Waals surface area contributed by atoms with Crippen LogP contribution in [0.3, 0.4) is 0 Å². The lowest BCUT2D eigenvalue weighted by Gasteiger charge is -2.29. The first-order valence-corrected chi connectivity index (χ1v) is 6.42. The second-order valence-electron chi connectivity index (χ2n) is 3.99. The monoisotopic (exact) mass is 222 g/mol. The molecule has 1 atom stereocenters. The Morgan fingerprint density at radius 1 is 1.33 bits per heavy atom. The predicted octanol–water partition coefficient (Wildman–Crippen LogP) is 2.45. The van der Waals surface area contributed by atoms with Gasteiger partial charge in [0.25, 0.3) is 0 Å². The molecule has 1 aliphatic heterocycles. The fourth-order valence-electron chi connectivity index (χ4n) is 1.84. The summed E-state index contributed by atoms with van der Waals surface area (Å²) in [7, 11) is 4.16. The van der Waals surface area contributed by atoms with Crippen LogP contribution in [0.15, 0.2) is 24.3 Å². The van der Waals surface area contributed by atoms with Crippen molar-refractivity contribution in [2.75, 3.05) is 38.3 Å². The van der Waals surface area contributed by atoms with E-state index >= 15 is 0 Å². The average molecular weight is 222 g/mol. The highest BCUT2D eigenvalue weighted by molar-refractivity contribution is 7.99. The number of nitrogens with zero attached hydrogens (tertiary/aromatic N) is 1. The van der Waals surface area contributed by atoms with Crippen molar-refractivity contribution in [1.82, 2.24) is 4.90 Å². The van der Waals surface area contributed by atoms with Crippen molar-refractivity contribution >= 4 is 17.4 Å². The van der Waals surface area contributed by atoms with Crippen LogP contribution in [0.2, 0.25) is 0 Å². The summed E-state index contributed by atoms with van der Waals surface area (Å²) >= 11 is 2.07. The number of hydrogen-bond donors (Lipinski definition) is 1. The van der Waals surface area contributed by atoms with Crippen LogP contribution in [0.5, 0.6) is 0 Å². The molecule has 15 heavy (non-hydrogen) atoms. The SMILES string of the molecule is CNc1ccc(C2CN(C)CCS2)cc1. The quantitative estimate of drug-likeness (QED) is 0.827. The molecule has 0 bridgehead atoms. The van der Waals surface area contributed by atoms with Crippen molar-refractivity contribution in [3.05, 3.63) is 29.8 Å². The van der Waals surface area contributed by atoms with E-state index in [9.17, 15) is 0 Å². The van der Waals surface area contributed by atoms with Gasteiger partial charge >= 0.3 is 0 Å². The molecule has 1 aliphatic rings. The lowest BCUT2D eigenvalue weighted by Crippen LogP contribution is -2.30. The van der Waals surface area contributed by atoms with Gasteiger partial charge in [-0.3, -0.25) is 0 Å². The van der Waals surface area contributed by atoms with Crippen LogP contribution in [0, 0.1) is 0 Å². The number of rotatable bonds is 2. The van der Waals surface area contributed by atoms with Crippen molar-refractivity contribution < 1.29 is 0 Å². The summed E-state index contributed by atoms with van der Waals surface area (Å²) in [6.07, 6.45) is 0. The Morgan fingerprint density at radius 3 is 2.67 bits per heavy atom. The molecule has 1 aromatic carbocycles. The Bertz CT molecular complexity index is 310. The smallest absolute Gasteiger partial charge is 0.0424 e. The zero-order chi connectivity index (χ0) is 10.7. The van der Waals surface area contributed by atoms with Gasteiger partial charge < -0.3 is 10.2 Å². The number of benzene rings is 1. The van der Waals surface area contributed by atoms with Gasteiger partial charge in [0.1, 0.15) is 0 Å². The summed E-state index contributed by atoms with van der Waals surface area (Å²) in [5.74, 6) is 1.24. The maximum absolute atomic E-state index is 3.15. The van der Waals surface area contributed by atoms with Crippen LogP contribution < -0.4 is 5.32 Å². The lowest BCUT2D eigenvalue weighted by molar-refractivity contribution is 0.347. The molecule has 0 saturated carbocycles. The molecule has 1 fully saturated rings. The molecule has 2 nitrogen and oxygen atoms in total. The molecule has 1 saturated heterocycles. The molecule has 0 spiro atoms. The minimum atomic E-state index is 0.648. The van der Waals surface area contributed by atoms with Crippen molar-refractivity contribution in [2.24, 2.45) is 0 Å². The third-order valence-corrected chi connectivity index (χ3v) is 4.08. The number of anilines is 1. The highest BCUT2D eigenvalue weighted by Gasteiger charge is 2.18. The van der Waals surface area contributed by atoms with Crippen LogP contribution in [-0.2, 0) is 0 Å². The fraction of sp³-hybridized carbons (Fsp3) is 0.500. The second kappa shape index (κ2) is 4.90. The fourth-order valence-corrected chi connectivity index (χ4v) is 3.26. The minimum Gasteiger partial charge on any atom is -0.388 e. The highest BCUT2D eigenvalue weighted by atomic mass is 32.2. The van der Waals surface area contributed by atoms with Gasteiger partial charge in [0.15, 0.2) is 0 Å². The molecule has 1 aromatic rings. The van der Waals surface area contributed by atoms with Crippen LogP contribution in [0.4, 0.5) is 5.69 Å². The molecular formula is C12H18N2S. The number of thioether (sulfide) groups is 1. The number of nitrogens with one attached hydrogen (secondary N) is 1. The minimum absolute atomic E-state index is 0.648. The van der Waals surface area contributed by atoms with E-state index in [1.54, 1.807) is 0 Å². The topological polar surface area (TPSA) is 15.3 Å². The van der Waals surface area contributed by atoms with Gasteiger partial charge in [-0.25, -0.2) is 0 Å². The molecule has 0 aliphatic carbocycles. The van der Waals surface area contributed by atoms with E-state index in [0.717, 1.165) is 0 Å². The standard InChI is InChI=1S/C12H18N2S/c1-13-11-5-3-10(4-6-11)12-9-14(2)7-8-15-12/h3-6,12-13H,7-9H2,1-2H3. The van der Waals surface area contributed by atoms with Gasteiger partial charge in [0.2, 0.25) is 0 Å². The van der Waals surface area contributed by atoms with E-state index in [1.165, 1.54) is 30.1 Å². The maximum atomic E-state index is 3.15. The second-order valence-corrected chi connectivity index (χ2v) is 5.30. The Kier molecular flexibility index (Phi) is 3.54. The van der Waals surface area contributed by atoms with Crippen molar-refractivity contribution in [3.8, 4) is 0 Å². The van der Waals surface area contributed by atoms with Crippen molar-refractivity contribution in [1.29, 1.82) is 0 Å². The normalized spacial score (nSPS) is 22.7. The number of likely N-dealkylation sites (N-methyl/N-ethyl adjacent to an activating group) is 1. The molecule has 82 valence electrons.